The number of esters is 1. The van der Waals surface area contributed by atoms with Crippen LogP contribution in [0.4, 0.5) is 5.69 Å². The van der Waals surface area contributed by atoms with E-state index < -0.39 is 11.6 Å². The average molecular weight is 502 g/mol. The second kappa shape index (κ2) is 8.88. The summed E-state index contributed by atoms with van der Waals surface area (Å²) in [7, 11) is 0. The van der Waals surface area contributed by atoms with Crippen molar-refractivity contribution in [2.45, 2.75) is 26.4 Å². The molecule has 3 aromatic heterocycles. The van der Waals surface area contributed by atoms with Gasteiger partial charge in [0.2, 0.25) is 0 Å². The SMILES string of the molecule is CC(C)(C)OC(=O)c1ccc(C2=Cc3cc4ccc(cc5nc(cc6ccc(cc2n3)[nH]6)C=C5)[nH]4)c(N)c1. The minimum absolute atomic E-state index is 0.407. The number of H-pyrrole nitrogens is 2. The van der Waals surface area contributed by atoms with Gasteiger partial charge in [-0.1, -0.05) is 6.07 Å². The molecule has 5 heterocycles. The lowest BCUT2D eigenvalue weighted by Gasteiger charge is -2.19. The van der Waals surface area contributed by atoms with Gasteiger partial charge in [0.05, 0.1) is 28.3 Å². The van der Waals surface area contributed by atoms with Gasteiger partial charge in [-0.15, -0.1) is 0 Å². The molecule has 0 saturated heterocycles. The Bertz CT molecular complexity index is 1820. The lowest BCUT2D eigenvalue weighted by molar-refractivity contribution is 0.00695. The lowest BCUT2D eigenvalue weighted by Crippen LogP contribution is -2.24. The van der Waals surface area contributed by atoms with E-state index in [0.29, 0.717) is 11.3 Å². The third-order valence-corrected chi connectivity index (χ3v) is 6.14. The molecule has 4 aromatic rings. The standard InChI is InChI=1S/C31H27N5O2/c1-31(2,3)38-30(37)18-4-11-26(28(32)12-18)27-16-25-15-23-8-7-21(34-23)13-19-5-6-20(33-19)14-22-9-10-24(35-22)17-29(27)36-25/h4-17,34-35H,32H2,1-3H3. The zero-order valence-electron chi connectivity index (χ0n) is 21.4. The highest BCUT2D eigenvalue weighted by Crippen LogP contribution is 2.33. The first kappa shape index (κ1) is 23.5. The molecule has 0 amide bonds. The Morgan fingerprint density at radius 1 is 0.763 bits per heavy atom. The maximum absolute atomic E-state index is 12.6. The largest absolute Gasteiger partial charge is 0.456 e. The van der Waals surface area contributed by atoms with Gasteiger partial charge in [-0.05, 0) is 99.7 Å². The molecule has 7 heteroatoms. The third-order valence-electron chi connectivity index (χ3n) is 6.14. The fourth-order valence-electron chi connectivity index (χ4n) is 4.50. The molecule has 0 spiro atoms. The Kier molecular flexibility index (Phi) is 5.49. The van der Waals surface area contributed by atoms with Gasteiger partial charge < -0.3 is 20.4 Å². The number of nitrogens with zero attached hydrogens (tertiary/aromatic N) is 2. The van der Waals surface area contributed by atoms with Gasteiger partial charge in [0.15, 0.2) is 0 Å². The van der Waals surface area contributed by atoms with Gasteiger partial charge in [0.25, 0.3) is 0 Å². The first-order chi connectivity index (χ1) is 18.2. The van der Waals surface area contributed by atoms with Crippen LogP contribution in [0.5, 0.6) is 0 Å². The van der Waals surface area contributed by atoms with Crippen LogP contribution in [-0.4, -0.2) is 31.5 Å². The third kappa shape index (κ3) is 4.86. The Balaban J connectivity index is 1.50. The van der Waals surface area contributed by atoms with E-state index in [9.17, 15) is 4.79 Å². The normalized spacial score (nSPS) is 12.9. The number of ether oxygens (including phenoxy) is 1. The first-order valence-electron chi connectivity index (χ1n) is 12.4. The van der Waals surface area contributed by atoms with Gasteiger partial charge in [-0.25, -0.2) is 14.8 Å². The van der Waals surface area contributed by atoms with E-state index in [-0.39, 0.29) is 0 Å². The fourth-order valence-corrected chi connectivity index (χ4v) is 4.50. The van der Waals surface area contributed by atoms with Gasteiger partial charge in [-0.2, -0.15) is 0 Å². The minimum Gasteiger partial charge on any atom is -0.456 e. The topological polar surface area (TPSA) is 110 Å². The minimum atomic E-state index is -0.588. The van der Waals surface area contributed by atoms with E-state index in [2.05, 4.69) is 9.97 Å². The van der Waals surface area contributed by atoms with E-state index in [4.69, 9.17) is 20.4 Å². The summed E-state index contributed by atoms with van der Waals surface area (Å²) in [6.45, 7) is 5.52. The summed E-state index contributed by atoms with van der Waals surface area (Å²) in [5.41, 5.74) is 15.5. The second-order valence-corrected chi connectivity index (χ2v) is 10.4. The van der Waals surface area contributed by atoms with Crippen molar-refractivity contribution in [1.82, 2.24) is 19.9 Å². The molecule has 38 heavy (non-hydrogen) atoms. The summed E-state index contributed by atoms with van der Waals surface area (Å²) in [6, 6.07) is 21.3. The number of benzene rings is 1. The number of carbonyl (C=O) groups is 1. The highest BCUT2D eigenvalue weighted by atomic mass is 16.6. The number of nitrogen functional groups attached to an aromatic ring is 1. The zero-order valence-corrected chi connectivity index (χ0v) is 21.4. The highest BCUT2D eigenvalue weighted by Gasteiger charge is 2.20. The summed E-state index contributed by atoms with van der Waals surface area (Å²) >= 11 is 0. The van der Waals surface area contributed by atoms with Gasteiger partial charge in [0, 0.05) is 38.9 Å². The van der Waals surface area contributed by atoms with Crippen molar-refractivity contribution in [3.05, 3.63) is 101 Å². The van der Waals surface area contributed by atoms with E-state index in [0.717, 1.165) is 56.0 Å². The number of aromatic nitrogens is 4. The number of hydrogen-bond acceptors (Lipinski definition) is 5. The van der Waals surface area contributed by atoms with Crippen LogP contribution in [0, 0.1) is 0 Å². The molecule has 6 rings (SSSR count). The van der Waals surface area contributed by atoms with Crippen LogP contribution in [-0.2, 0) is 4.74 Å². The van der Waals surface area contributed by atoms with Crippen molar-refractivity contribution in [3.8, 4) is 0 Å². The molecule has 0 atom stereocenters. The molecule has 4 N–H and O–H groups in total. The highest BCUT2D eigenvalue weighted by molar-refractivity contribution is 5.99. The van der Waals surface area contributed by atoms with Crippen LogP contribution in [0.15, 0.2) is 66.7 Å². The van der Waals surface area contributed by atoms with Crippen molar-refractivity contribution in [2.24, 2.45) is 0 Å². The Morgan fingerprint density at radius 3 is 1.92 bits per heavy atom. The van der Waals surface area contributed by atoms with Crippen molar-refractivity contribution >= 4 is 57.5 Å². The molecule has 0 unspecified atom stereocenters. The molecule has 0 aliphatic carbocycles. The van der Waals surface area contributed by atoms with Crippen LogP contribution in [0.25, 0.3) is 45.9 Å². The molecule has 0 saturated carbocycles. The van der Waals surface area contributed by atoms with Crippen molar-refractivity contribution in [2.75, 3.05) is 5.73 Å². The fraction of sp³-hybridized carbons (Fsp3) is 0.129. The Morgan fingerprint density at radius 2 is 1.34 bits per heavy atom. The summed E-state index contributed by atoms with van der Waals surface area (Å²) in [6.07, 6.45) is 6.00. The number of nitrogens with one attached hydrogen (secondary N) is 2. The summed E-state index contributed by atoms with van der Waals surface area (Å²) in [4.78, 5) is 29.0. The number of fused-ring (bicyclic) bond motifs is 8. The van der Waals surface area contributed by atoms with E-state index in [1.165, 1.54) is 0 Å². The molecule has 2 aliphatic heterocycles. The molecule has 2 aliphatic rings. The predicted molar refractivity (Wildman–Crippen MR) is 153 cm³/mol. The number of anilines is 1. The molecular weight excluding hydrogens is 474 g/mol. The summed E-state index contributed by atoms with van der Waals surface area (Å²) in [5.74, 6) is -0.407. The molecule has 0 radical (unpaired) electrons. The average Bonchev–Trinajstić information content (AvgIpc) is 3.63. The van der Waals surface area contributed by atoms with Crippen molar-refractivity contribution in [3.63, 3.8) is 0 Å². The van der Waals surface area contributed by atoms with Gasteiger partial charge in [-0.3, -0.25) is 0 Å². The zero-order chi connectivity index (χ0) is 26.4. The maximum atomic E-state index is 12.6. The maximum Gasteiger partial charge on any atom is 0.338 e. The molecular formula is C31H27N5O2. The van der Waals surface area contributed by atoms with Crippen LogP contribution in [0.3, 0.4) is 0 Å². The van der Waals surface area contributed by atoms with Crippen LogP contribution < -0.4 is 5.73 Å². The molecule has 7 nitrogen and oxygen atoms in total. The van der Waals surface area contributed by atoms with Crippen LogP contribution in [0.2, 0.25) is 0 Å². The molecule has 8 bridgehead atoms. The number of hydrogen-bond donors (Lipinski definition) is 3. The molecule has 0 fully saturated rings. The van der Waals surface area contributed by atoms with Crippen molar-refractivity contribution in [1.29, 1.82) is 0 Å². The van der Waals surface area contributed by atoms with Crippen molar-refractivity contribution < 1.29 is 9.53 Å². The van der Waals surface area contributed by atoms with Gasteiger partial charge >= 0.3 is 5.97 Å². The van der Waals surface area contributed by atoms with Crippen LogP contribution >= 0.6 is 0 Å². The number of nitrogens with two attached hydrogens (primary N) is 1. The summed E-state index contributed by atoms with van der Waals surface area (Å²) in [5, 5.41) is 0. The predicted octanol–water partition coefficient (Wildman–Crippen LogP) is 6.61. The van der Waals surface area contributed by atoms with E-state index in [1.54, 1.807) is 12.1 Å². The molecule has 1 aromatic carbocycles. The molecule has 188 valence electrons. The van der Waals surface area contributed by atoms with E-state index >= 15 is 0 Å². The Hall–Kier alpha value is -4.91. The summed E-state index contributed by atoms with van der Waals surface area (Å²) < 4.78 is 5.51. The number of carbonyl (C=O) groups excluding carboxylic acids is 1. The van der Waals surface area contributed by atoms with E-state index in [1.807, 2.05) is 93.6 Å². The van der Waals surface area contributed by atoms with Gasteiger partial charge in [0.1, 0.15) is 5.60 Å². The first-order valence-corrected chi connectivity index (χ1v) is 12.4. The number of rotatable bonds is 2. The van der Waals surface area contributed by atoms with Crippen LogP contribution in [0.1, 0.15) is 59.5 Å². The smallest absolute Gasteiger partial charge is 0.338 e. The Labute approximate surface area is 219 Å². The second-order valence-electron chi connectivity index (χ2n) is 10.4. The quantitative estimate of drug-likeness (QED) is 0.183. The number of aromatic amines is 2. The monoisotopic (exact) mass is 501 g/mol. The lowest BCUT2D eigenvalue weighted by atomic mass is 9.99.